The van der Waals surface area contributed by atoms with E-state index in [1.54, 1.807) is 0 Å². The highest BCUT2D eigenvalue weighted by Gasteiger charge is 2.19. The Morgan fingerprint density at radius 2 is 2.26 bits per heavy atom. The van der Waals surface area contributed by atoms with E-state index in [1.807, 2.05) is 6.07 Å². The first-order valence-electron chi connectivity index (χ1n) is 7.27. The van der Waals surface area contributed by atoms with E-state index in [0.29, 0.717) is 6.54 Å². The van der Waals surface area contributed by atoms with Crippen molar-refractivity contribution in [3.63, 3.8) is 0 Å². The third kappa shape index (κ3) is 3.80. The topological polar surface area (TPSA) is 61.3 Å². The third-order valence-corrected chi connectivity index (χ3v) is 3.31. The molecule has 1 unspecified atom stereocenters. The lowest BCUT2D eigenvalue weighted by Crippen LogP contribution is -2.38. The van der Waals surface area contributed by atoms with Gasteiger partial charge in [0.2, 0.25) is 0 Å². The van der Waals surface area contributed by atoms with Crippen LogP contribution in [0.15, 0.2) is 6.07 Å². The molecule has 1 fully saturated rings. The normalized spacial score (nSPS) is 19.5. The van der Waals surface area contributed by atoms with Gasteiger partial charge in [-0.15, -0.1) is 0 Å². The molecule has 2 rings (SSSR count). The highest BCUT2D eigenvalue weighted by atomic mass is 16.3. The van der Waals surface area contributed by atoms with E-state index >= 15 is 0 Å². The van der Waals surface area contributed by atoms with Gasteiger partial charge < -0.3 is 15.3 Å². The Morgan fingerprint density at radius 3 is 2.95 bits per heavy atom. The van der Waals surface area contributed by atoms with E-state index < -0.39 is 0 Å². The van der Waals surface area contributed by atoms with Crippen LogP contribution in [0.5, 0.6) is 0 Å². The number of piperidine rings is 1. The highest BCUT2D eigenvalue weighted by Crippen LogP contribution is 2.21. The lowest BCUT2D eigenvalue weighted by molar-refractivity contribution is 0.154. The number of anilines is 2. The van der Waals surface area contributed by atoms with Gasteiger partial charge in [0.15, 0.2) is 0 Å². The van der Waals surface area contributed by atoms with Crippen LogP contribution in [-0.2, 0) is 6.42 Å². The van der Waals surface area contributed by atoms with E-state index in [4.69, 9.17) is 0 Å². The number of nitrogens with zero attached hydrogens (tertiary/aromatic N) is 3. The molecule has 5 nitrogen and oxygen atoms in total. The molecule has 0 aromatic carbocycles. The van der Waals surface area contributed by atoms with Gasteiger partial charge in [-0.25, -0.2) is 9.97 Å². The number of aryl methyl sites for hydroxylation is 1. The van der Waals surface area contributed by atoms with Gasteiger partial charge in [0, 0.05) is 32.1 Å². The maximum Gasteiger partial charge on any atom is 0.134 e. The van der Waals surface area contributed by atoms with E-state index in [0.717, 1.165) is 56.2 Å². The van der Waals surface area contributed by atoms with Gasteiger partial charge in [-0.3, -0.25) is 0 Å². The summed E-state index contributed by atoms with van der Waals surface area (Å²) in [6.45, 7) is 6.68. The summed E-state index contributed by atoms with van der Waals surface area (Å²) < 4.78 is 0. The van der Waals surface area contributed by atoms with Gasteiger partial charge in [-0.2, -0.15) is 0 Å². The number of nitrogens with one attached hydrogen (secondary N) is 1. The predicted octanol–water partition coefficient (Wildman–Crippen LogP) is 1.82. The maximum atomic E-state index is 9.79. The quantitative estimate of drug-likeness (QED) is 0.849. The van der Waals surface area contributed by atoms with Crippen LogP contribution in [0, 0.1) is 0 Å². The molecule has 1 aromatic rings. The van der Waals surface area contributed by atoms with E-state index in [1.165, 1.54) is 0 Å². The van der Waals surface area contributed by atoms with Crippen molar-refractivity contribution in [2.45, 2.75) is 45.6 Å². The molecule has 0 radical (unpaired) electrons. The van der Waals surface area contributed by atoms with Gasteiger partial charge in [-0.05, 0) is 26.2 Å². The lowest BCUT2D eigenvalue weighted by atomic mass is 10.1. The molecule has 0 aliphatic carbocycles. The molecule has 1 aliphatic rings. The Morgan fingerprint density at radius 1 is 1.42 bits per heavy atom. The summed E-state index contributed by atoms with van der Waals surface area (Å²) in [6, 6.07) is 1.99. The molecule has 0 spiro atoms. The number of hydrogen-bond donors (Lipinski definition) is 2. The van der Waals surface area contributed by atoms with E-state index in [9.17, 15) is 5.11 Å². The fourth-order valence-electron chi connectivity index (χ4n) is 2.42. The van der Waals surface area contributed by atoms with Crippen molar-refractivity contribution in [2.24, 2.45) is 0 Å². The summed E-state index contributed by atoms with van der Waals surface area (Å²) in [4.78, 5) is 11.3. The van der Waals surface area contributed by atoms with Crippen LogP contribution in [0.4, 0.5) is 11.6 Å². The second-order valence-electron chi connectivity index (χ2n) is 5.05. The second kappa shape index (κ2) is 6.70. The summed E-state index contributed by atoms with van der Waals surface area (Å²) in [5.41, 5.74) is 0. The molecule has 2 N–H and O–H groups in total. The third-order valence-electron chi connectivity index (χ3n) is 3.31. The van der Waals surface area contributed by atoms with Gasteiger partial charge in [-0.1, -0.05) is 6.92 Å². The zero-order valence-electron chi connectivity index (χ0n) is 11.9. The molecule has 106 valence electrons. The standard InChI is InChI=1S/C14H24N4O/c1-3-6-12-16-13(15-4-2)9-14(17-12)18-8-5-7-11(19)10-18/h9,11,19H,3-8,10H2,1-2H3,(H,15,16,17). The number of hydrogen-bond acceptors (Lipinski definition) is 5. The zero-order chi connectivity index (χ0) is 13.7. The average Bonchev–Trinajstić information content (AvgIpc) is 2.39. The Hall–Kier alpha value is -1.36. The monoisotopic (exact) mass is 264 g/mol. The molecule has 1 saturated heterocycles. The van der Waals surface area contributed by atoms with E-state index in [2.05, 4.69) is 34.0 Å². The summed E-state index contributed by atoms with van der Waals surface area (Å²) in [5.74, 6) is 2.71. The van der Waals surface area contributed by atoms with Crippen LogP contribution in [0.2, 0.25) is 0 Å². The summed E-state index contributed by atoms with van der Waals surface area (Å²) >= 11 is 0. The van der Waals surface area contributed by atoms with Gasteiger partial charge in [0.1, 0.15) is 17.5 Å². The molecule has 1 aromatic heterocycles. The lowest BCUT2D eigenvalue weighted by Gasteiger charge is -2.31. The number of β-amino-alcohol motifs (C(OH)–C–C–N with tert-alkyl or cyclic N) is 1. The first kappa shape index (κ1) is 14.1. The van der Waals surface area contributed by atoms with Crippen LogP contribution >= 0.6 is 0 Å². The first-order chi connectivity index (χ1) is 9.22. The number of aliphatic hydroxyl groups excluding tert-OH is 1. The molecule has 0 saturated carbocycles. The van der Waals surface area contributed by atoms with Gasteiger partial charge in [0.25, 0.3) is 0 Å². The van der Waals surface area contributed by atoms with Crippen LogP contribution in [0.25, 0.3) is 0 Å². The Bertz CT molecular complexity index is 386. The molecule has 1 atom stereocenters. The van der Waals surface area contributed by atoms with Crippen LogP contribution in [-0.4, -0.2) is 40.8 Å². The Labute approximate surface area is 115 Å². The summed E-state index contributed by atoms with van der Waals surface area (Å²) in [5, 5.41) is 13.0. The molecule has 1 aliphatic heterocycles. The summed E-state index contributed by atoms with van der Waals surface area (Å²) in [7, 11) is 0. The zero-order valence-corrected chi connectivity index (χ0v) is 11.9. The first-order valence-corrected chi connectivity index (χ1v) is 7.27. The van der Waals surface area contributed by atoms with Crippen molar-refractivity contribution < 1.29 is 5.11 Å². The largest absolute Gasteiger partial charge is 0.391 e. The van der Waals surface area contributed by atoms with Crippen molar-refractivity contribution in [1.82, 2.24) is 9.97 Å². The SMILES string of the molecule is CCCc1nc(NCC)cc(N2CCCC(O)C2)n1. The van der Waals surface area contributed by atoms with Crippen molar-refractivity contribution in [1.29, 1.82) is 0 Å². The number of rotatable bonds is 5. The average molecular weight is 264 g/mol. The smallest absolute Gasteiger partial charge is 0.134 e. The minimum absolute atomic E-state index is 0.235. The van der Waals surface area contributed by atoms with Crippen LogP contribution in [0.3, 0.4) is 0 Å². The molecule has 0 bridgehead atoms. The fraction of sp³-hybridized carbons (Fsp3) is 0.714. The minimum atomic E-state index is -0.235. The molecule has 19 heavy (non-hydrogen) atoms. The van der Waals surface area contributed by atoms with Crippen molar-refractivity contribution >= 4 is 11.6 Å². The van der Waals surface area contributed by atoms with Gasteiger partial charge >= 0.3 is 0 Å². The Balaban J connectivity index is 2.21. The van der Waals surface area contributed by atoms with Crippen LogP contribution < -0.4 is 10.2 Å². The minimum Gasteiger partial charge on any atom is -0.391 e. The van der Waals surface area contributed by atoms with Crippen LogP contribution in [0.1, 0.15) is 38.9 Å². The molecular formula is C14H24N4O. The predicted molar refractivity (Wildman–Crippen MR) is 77.6 cm³/mol. The van der Waals surface area contributed by atoms with E-state index in [-0.39, 0.29) is 6.10 Å². The molecule has 2 heterocycles. The molecule has 5 heteroatoms. The molecule has 0 amide bonds. The van der Waals surface area contributed by atoms with Crippen molar-refractivity contribution in [3.8, 4) is 0 Å². The number of aliphatic hydroxyl groups is 1. The maximum absolute atomic E-state index is 9.79. The Kier molecular flexibility index (Phi) is 4.96. The number of aromatic nitrogens is 2. The van der Waals surface area contributed by atoms with Gasteiger partial charge in [0.05, 0.1) is 6.10 Å². The fourth-order valence-corrected chi connectivity index (χ4v) is 2.42. The second-order valence-corrected chi connectivity index (χ2v) is 5.05. The van der Waals surface area contributed by atoms with Crippen molar-refractivity contribution in [3.05, 3.63) is 11.9 Å². The molecular weight excluding hydrogens is 240 g/mol. The van der Waals surface area contributed by atoms with Crippen molar-refractivity contribution in [2.75, 3.05) is 29.9 Å². The summed E-state index contributed by atoms with van der Waals surface area (Å²) in [6.07, 6.45) is 3.61. The highest BCUT2D eigenvalue weighted by molar-refractivity contribution is 5.49.